The van der Waals surface area contributed by atoms with Gasteiger partial charge in [0.05, 0.1) is 23.6 Å². The van der Waals surface area contributed by atoms with E-state index in [0.717, 1.165) is 16.9 Å². The standard InChI is InChI=1S/C18H17FN8O/c1-10-3-13-21-9-22-26(13)5-11(10)23-15-20-4-12-14(24-15)27(16(28)25(12)2)18-6-17(19,7-18)8-18/h3-5,9H,6-8H2,1-2H3,(H,20,23,24). The van der Waals surface area contributed by atoms with E-state index in [9.17, 15) is 9.18 Å². The van der Waals surface area contributed by atoms with E-state index in [1.54, 1.807) is 22.3 Å². The smallest absolute Gasteiger partial charge is 0.323 e. The highest BCUT2D eigenvalue weighted by atomic mass is 19.1. The summed E-state index contributed by atoms with van der Waals surface area (Å²) in [7, 11) is 1.69. The summed E-state index contributed by atoms with van der Waals surface area (Å²) < 4.78 is 18.9. The number of hydrogen-bond acceptors (Lipinski definition) is 6. The second-order valence-electron chi connectivity index (χ2n) is 8.04. The topological polar surface area (TPSA) is 94.9 Å². The molecule has 4 aromatic rings. The van der Waals surface area contributed by atoms with Crippen molar-refractivity contribution in [3.8, 4) is 0 Å². The summed E-state index contributed by atoms with van der Waals surface area (Å²) in [5.74, 6) is 0.371. The van der Waals surface area contributed by atoms with E-state index >= 15 is 0 Å². The van der Waals surface area contributed by atoms with Crippen LogP contribution in [-0.2, 0) is 12.6 Å². The molecule has 7 rings (SSSR count). The van der Waals surface area contributed by atoms with Crippen LogP contribution in [0.4, 0.5) is 16.0 Å². The lowest BCUT2D eigenvalue weighted by molar-refractivity contribution is -0.197. The lowest BCUT2D eigenvalue weighted by Gasteiger charge is -2.65. The minimum atomic E-state index is -1.10. The number of pyridine rings is 1. The number of anilines is 2. The zero-order valence-corrected chi connectivity index (χ0v) is 15.3. The predicted molar refractivity (Wildman–Crippen MR) is 99.4 cm³/mol. The molecule has 4 aromatic heterocycles. The van der Waals surface area contributed by atoms with Crippen molar-refractivity contribution in [2.75, 3.05) is 5.32 Å². The van der Waals surface area contributed by atoms with Crippen LogP contribution in [0.3, 0.4) is 0 Å². The summed E-state index contributed by atoms with van der Waals surface area (Å²) >= 11 is 0. The highest BCUT2D eigenvalue weighted by Crippen LogP contribution is 2.67. The SMILES string of the molecule is Cc1cc2ncnn2cc1Nc1ncc2c(n1)n(C13CC(F)(C1)C3)c(=O)n2C. The van der Waals surface area contributed by atoms with Gasteiger partial charge in [0.2, 0.25) is 5.95 Å². The molecule has 10 heteroatoms. The minimum absolute atomic E-state index is 0.177. The van der Waals surface area contributed by atoms with Gasteiger partial charge in [-0.2, -0.15) is 10.1 Å². The quantitative estimate of drug-likeness (QED) is 0.583. The van der Waals surface area contributed by atoms with Crippen LogP contribution in [0.25, 0.3) is 16.8 Å². The van der Waals surface area contributed by atoms with Crippen LogP contribution in [0.15, 0.2) is 29.6 Å². The van der Waals surface area contributed by atoms with Crippen LogP contribution in [0.5, 0.6) is 0 Å². The van der Waals surface area contributed by atoms with E-state index < -0.39 is 11.2 Å². The van der Waals surface area contributed by atoms with Crippen LogP contribution in [-0.4, -0.2) is 39.4 Å². The van der Waals surface area contributed by atoms with Crippen molar-refractivity contribution in [3.05, 3.63) is 40.8 Å². The number of fused-ring (bicyclic) bond motifs is 2. The normalized spacial score (nSPS) is 25.7. The van der Waals surface area contributed by atoms with Crippen LogP contribution < -0.4 is 11.0 Å². The molecule has 3 aliphatic carbocycles. The molecule has 0 aliphatic heterocycles. The fourth-order valence-electron chi connectivity index (χ4n) is 4.66. The van der Waals surface area contributed by atoms with E-state index in [4.69, 9.17) is 0 Å². The second kappa shape index (κ2) is 4.75. The van der Waals surface area contributed by atoms with Crippen molar-refractivity contribution in [3.63, 3.8) is 0 Å². The minimum Gasteiger partial charge on any atom is -0.323 e. The van der Waals surface area contributed by atoms with Gasteiger partial charge in [0, 0.05) is 26.3 Å². The highest BCUT2D eigenvalue weighted by molar-refractivity contribution is 5.74. The Hall–Kier alpha value is -3.30. The average molecular weight is 380 g/mol. The largest absolute Gasteiger partial charge is 0.330 e. The number of nitrogens with one attached hydrogen (secondary N) is 1. The lowest BCUT2D eigenvalue weighted by atomic mass is 9.47. The number of halogens is 1. The Labute approximate surface area is 157 Å². The lowest BCUT2D eigenvalue weighted by Crippen LogP contribution is -2.71. The Morgan fingerprint density at radius 2 is 2.04 bits per heavy atom. The molecule has 142 valence electrons. The van der Waals surface area contributed by atoms with E-state index in [0.29, 0.717) is 36.4 Å². The Bertz CT molecular complexity index is 1330. The summed E-state index contributed by atoms with van der Waals surface area (Å²) in [6.45, 7) is 1.95. The second-order valence-corrected chi connectivity index (χ2v) is 8.04. The first-order chi connectivity index (χ1) is 13.4. The third-order valence-electron chi connectivity index (χ3n) is 6.08. The van der Waals surface area contributed by atoms with Crippen molar-refractivity contribution >= 4 is 28.4 Å². The van der Waals surface area contributed by atoms with Crippen LogP contribution in [0, 0.1) is 6.92 Å². The molecule has 0 saturated heterocycles. The van der Waals surface area contributed by atoms with Crippen molar-refractivity contribution < 1.29 is 4.39 Å². The van der Waals surface area contributed by atoms with E-state index in [1.165, 1.54) is 10.9 Å². The summed E-state index contributed by atoms with van der Waals surface area (Å²) in [5.41, 5.74) is 1.96. The van der Waals surface area contributed by atoms with Crippen molar-refractivity contribution in [2.45, 2.75) is 37.4 Å². The van der Waals surface area contributed by atoms with Crippen LogP contribution in [0.1, 0.15) is 24.8 Å². The molecule has 0 spiro atoms. The number of nitrogens with zero attached hydrogens (tertiary/aromatic N) is 7. The fraction of sp³-hybridized carbons (Fsp3) is 0.389. The number of rotatable bonds is 3. The van der Waals surface area contributed by atoms with Gasteiger partial charge < -0.3 is 5.32 Å². The number of alkyl halides is 1. The molecular weight excluding hydrogens is 363 g/mol. The third kappa shape index (κ3) is 1.87. The Balaban J connectivity index is 1.46. The van der Waals surface area contributed by atoms with E-state index in [1.807, 2.05) is 19.2 Å². The molecule has 1 N–H and O–H groups in total. The zero-order chi connectivity index (χ0) is 19.3. The maximum atomic E-state index is 14.1. The van der Waals surface area contributed by atoms with Gasteiger partial charge in [-0.15, -0.1) is 0 Å². The first-order valence-electron chi connectivity index (χ1n) is 9.09. The summed E-state index contributed by atoms with van der Waals surface area (Å²) in [4.78, 5) is 25.9. The molecule has 0 radical (unpaired) electrons. The number of imidazole rings is 1. The maximum absolute atomic E-state index is 14.1. The molecule has 3 aliphatic rings. The molecular formula is C18H17FN8O. The first-order valence-corrected chi connectivity index (χ1v) is 9.09. The molecule has 2 bridgehead atoms. The van der Waals surface area contributed by atoms with Gasteiger partial charge in [-0.05, 0) is 18.6 Å². The maximum Gasteiger partial charge on any atom is 0.330 e. The van der Waals surface area contributed by atoms with E-state index in [2.05, 4.69) is 25.4 Å². The van der Waals surface area contributed by atoms with Crippen LogP contribution >= 0.6 is 0 Å². The van der Waals surface area contributed by atoms with Gasteiger partial charge in [-0.25, -0.2) is 23.7 Å². The van der Waals surface area contributed by atoms with Crippen molar-refractivity contribution in [1.29, 1.82) is 0 Å². The van der Waals surface area contributed by atoms with Gasteiger partial charge >= 0.3 is 5.69 Å². The molecule has 0 amide bonds. The Morgan fingerprint density at radius 1 is 1.25 bits per heavy atom. The Kier molecular flexibility index (Phi) is 2.67. The zero-order valence-electron chi connectivity index (χ0n) is 15.3. The first kappa shape index (κ1) is 15.7. The monoisotopic (exact) mass is 380 g/mol. The van der Waals surface area contributed by atoms with Gasteiger partial charge in [0.1, 0.15) is 17.5 Å². The summed E-state index contributed by atoms with van der Waals surface area (Å²) in [5, 5.41) is 7.34. The summed E-state index contributed by atoms with van der Waals surface area (Å²) in [6.07, 6.45) is 6.08. The van der Waals surface area contributed by atoms with Gasteiger partial charge in [-0.1, -0.05) is 0 Å². The highest BCUT2D eigenvalue weighted by Gasteiger charge is 2.71. The molecule has 4 heterocycles. The predicted octanol–water partition coefficient (Wildman–Crippen LogP) is 1.83. The fourth-order valence-corrected chi connectivity index (χ4v) is 4.66. The molecule has 0 unspecified atom stereocenters. The molecule has 0 atom stereocenters. The van der Waals surface area contributed by atoms with Crippen molar-refractivity contribution in [1.82, 2.24) is 33.7 Å². The molecule has 9 nitrogen and oxygen atoms in total. The van der Waals surface area contributed by atoms with Crippen molar-refractivity contribution in [2.24, 2.45) is 7.05 Å². The summed E-state index contributed by atoms with van der Waals surface area (Å²) in [6, 6.07) is 1.91. The van der Waals surface area contributed by atoms with Gasteiger partial charge in [-0.3, -0.25) is 9.13 Å². The molecule has 28 heavy (non-hydrogen) atoms. The molecule has 0 aromatic carbocycles. The van der Waals surface area contributed by atoms with Gasteiger partial charge in [0.15, 0.2) is 11.3 Å². The molecule has 3 fully saturated rings. The van der Waals surface area contributed by atoms with Crippen LogP contribution in [0.2, 0.25) is 0 Å². The molecule has 3 saturated carbocycles. The van der Waals surface area contributed by atoms with E-state index in [-0.39, 0.29) is 5.69 Å². The third-order valence-corrected chi connectivity index (χ3v) is 6.08. The number of hydrogen-bond donors (Lipinski definition) is 1. The number of aromatic nitrogens is 7. The number of aryl methyl sites for hydroxylation is 2. The van der Waals surface area contributed by atoms with Gasteiger partial charge in [0.25, 0.3) is 0 Å². The Morgan fingerprint density at radius 3 is 2.79 bits per heavy atom. The average Bonchev–Trinajstić information content (AvgIpc) is 3.15.